The summed E-state index contributed by atoms with van der Waals surface area (Å²) in [5.41, 5.74) is 14.5. The van der Waals surface area contributed by atoms with Crippen molar-refractivity contribution in [3.8, 4) is 0 Å². The van der Waals surface area contributed by atoms with Gasteiger partial charge in [-0.2, -0.15) is 0 Å². The minimum Gasteiger partial charge on any atom is -0.465 e. The molecule has 6 heteroatoms. The molecule has 0 amide bonds. The molecule has 0 aromatic heterocycles. The molecule has 6 nitrogen and oxygen atoms in total. The van der Waals surface area contributed by atoms with Crippen molar-refractivity contribution < 1.29 is 15.3 Å². The minimum atomic E-state index is -0.530. The Morgan fingerprint density at radius 1 is 1.57 bits per heavy atom. The third-order valence-corrected chi connectivity index (χ3v) is 1.69. The summed E-state index contributed by atoms with van der Waals surface area (Å²) in [5, 5.41) is 2.93. The summed E-state index contributed by atoms with van der Waals surface area (Å²) >= 11 is 0. The van der Waals surface area contributed by atoms with Crippen LogP contribution >= 0.6 is 0 Å². The Kier molecular flexibility index (Phi) is 7.31. The highest BCUT2D eigenvalue weighted by atomic mass is 16.5. The molecule has 0 saturated carbocycles. The Morgan fingerprint density at radius 3 is 2.71 bits per heavy atom. The van der Waals surface area contributed by atoms with E-state index in [1.165, 1.54) is 0 Å². The van der Waals surface area contributed by atoms with Crippen LogP contribution in [0.25, 0.3) is 0 Å². The first-order valence-electron chi connectivity index (χ1n) is 4.82. The van der Waals surface area contributed by atoms with E-state index in [0.29, 0.717) is 19.6 Å². The van der Waals surface area contributed by atoms with Crippen molar-refractivity contribution in [2.24, 2.45) is 11.5 Å². The zero-order chi connectivity index (χ0) is 11.0. The molecule has 0 heterocycles. The fourth-order valence-corrected chi connectivity index (χ4v) is 0.977. The number of ether oxygens (including phenoxy) is 1. The van der Waals surface area contributed by atoms with E-state index in [9.17, 15) is 4.79 Å². The van der Waals surface area contributed by atoms with E-state index in [1.807, 2.05) is 0 Å². The Labute approximate surface area is 84.1 Å². The highest BCUT2D eigenvalue weighted by Gasteiger charge is 2.13. The summed E-state index contributed by atoms with van der Waals surface area (Å²) in [5.74, 6) is -0.341. The first kappa shape index (κ1) is 13.3. The third kappa shape index (κ3) is 6.79. The van der Waals surface area contributed by atoms with E-state index < -0.39 is 6.04 Å². The Morgan fingerprint density at radius 2 is 2.21 bits per heavy atom. The van der Waals surface area contributed by atoms with Crippen LogP contribution in [0, 0.1) is 0 Å². The molecule has 0 aromatic rings. The Bertz CT molecular complexity index is 163. The van der Waals surface area contributed by atoms with Crippen LogP contribution in [0.15, 0.2) is 0 Å². The lowest BCUT2D eigenvalue weighted by molar-refractivity contribution is -0.427. The normalized spacial score (nSPS) is 14.9. The van der Waals surface area contributed by atoms with Crippen LogP contribution in [0.1, 0.15) is 19.8 Å². The van der Waals surface area contributed by atoms with Crippen LogP contribution in [0.3, 0.4) is 0 Å². The number of hydrogen-bond donors (Lipinski definition) is 4. The maximum Gasteiger partial charge on any atom is 0.322 e. The van der Waals surface area contributed by atoms with Gasteiger partial charge in [0.1, 0.15) is 6.04 Å². The van der Waals surface area contributed by atoms with Crippen molar-refractivity contribution in [2.75, 3.05) is 13.2 Å². The Hall–Kier alpha value is -0.690. The molecule has 8 N–H and O–H groups in total. The molecule has 0 bridgehead atoms. The van der Waals surface area contributed by atoms with Crippen LogP contribution in [0.5, 0.6) is 0 Å². The van der Waals surface area contributed by atoms with Crippen molar-refractivity contribution >= 4 is 5.97 Å². The van der Waals surface area contributed by atoms with Gasteiger partial charge < -0.3 is 16.2 Å². The zero-order valence-electron chi connectivity index (χ0n) is 8.66. The molecule has 0 aliphatic rings. The van der Waals surface area contributed by atoms with Crippen molar-refractivity contribution in [1.29, 1.82) is 0 Å². The maximum atomic E-state index is 11.1. The second-order valence-electron chi connectivity index (χ2n) is 3.06. The van der Waals surface area contributed by atoms with Gasteiger partial charge in [-0.25, -0.2) is 0 Å². The highest BCUT2D eigenvalue weighted by molar-refractivity contribution is 5.75. The maximum absolute atomic E-state index is 11.1. The smallest absolute Gasteiger partial charge is 0.322 e. The number of hydrogen-bond acceptors (Lipinski definition) is 5. The summed E-state index contributed by atoms with van der Waals surface area (Å²) < 4.78 is 4.76. The SMILES string of the molecule is CCOC(=O)C(N)CCCNC(N)[NH3+]. The van der Waals surface area contributed by atoms with E-state index >= 15 is 0 Å². The van der Waals surface area contributed by atoms with Gasteiger partial charge in [-0.05, 0) is 19.8 Å². The van der Waals surface area contributed by atoms with E-state index in [0.717, 1.165) is 6.42 Å². The first-order valence-corrected chi connectivity index (χ1v) is 4.82. The monoisotopic (exact) mass is 205 g/mol. The van der Waals surface area contributed by atoms with Gasteiger partial charge in [0.15, 0.2) is 6.29 Å². The van der Waals surface area contributed by atoms with E-state index in [-0.39, 0.29) is 12.3 Å². The van der Waals surface area contributed by atoms with Crippen LogP contribution in [0.2, 0.25) is 0 Å². The molecular weight excluding hydrogens is 184 g/mol. The quantitative estimate of drug-likeness (QED) is 0.212. The molecule has 84 valence electrons. The van der Waals surface area contributed by atoms with Crippen LogP contribution in [-0.2, 0) is 9.53 Å². The molecule has 0 rings (SSSR count). The molecule has 0 aromatic carbocycles. The van der Waals surface area contributed by atoms with Gasteiger partial charge in [-0.1, -0.05) is 0 Å². The number of carbonyl (C=O) groups excluding carboxylic acids is 1. The van der Waals surface area contributed by atoms with Gasteiger partial charge in [0.2, 0.25) is 0 Å². The largest absolute Gasteiger partial charge is 0.465 e. The molecule has 0 fully saturated rings. The molecule has 0 radical (unpaired) electrons. The number of carbonyl (C=O) groups is 1. The number of rotatable bonds is 7. The molecule has 2 atom stereocenters. The van der Waals surface area contributed by atoms with Crippen molar-refractivity contribution in [1.82, 2.24) is 5.32 Å². The molecule has 0 saturated heterocycles. The number of nitrogens with one attached hydrogen (secondary N) is 1. The Balaban J connectivity index is 3.43. The van der Waals surface area contributed by atoms with E-state index in [4.69, 9.17) is 16.2 Å². The van der Waals surface area contributed by atoms with Crippen LogP contribution < -0.4 is 22.5 Å². The lowest BCUT2D eigenvalue weighted by Gasteiger charge is -2.10. The average Bonchev–Trinajstić information content (AvgIpc) is 2.12. The minimum absolute atomic E-state index is 0.270. The summed E-state index contributed by atoms with van der Waals surface area (Å²) in [6, 6.07) is -0.530. The van der Waals surface area contributed by atoms with Gasteiger partial charge in [-0.15, -0.1) is 0 Å². The standard InChI is InChI=1S/C8H20N4O2/c1-2-14-7(13)6(9)4-3-5-12-8(10)11/h6,8,12H,2-5,9-11H2,1H3/p+1. The summed E-state index contributed by atoms with van der Waals surface area (Å²) in [4.78, 5) is 11.1. The lowest BCUT2D eigenvalue weighted by Crippen LogP contribution is -2.73. The molecule has 0 aliphatic heterocycles. The molecule has 0 aliphatic carbocycles. The van der Waals surface area contributed by atoms with Gasteiger partial charge in [0, 0.05) is 6.54 Å². The molecular formula is C8H21N4O2+. The fraction of sp³-hybridized carbons (Fsp3) is 0.875. The van der Waals surface area contributed by atoms with Crippen molar-refractivity contribution in [2.45, 2.75) is 32.1 Å². The van der Waals surface area contributed by atoms with Crippen LogP contribution in [0.4, 0.5) is 0 Å². The van der Waals surface area contributed by atoms with Gasteiger partial charge in [-0.3, -0.25) is 15.8 Å². The van der Waals surface area contributed by atoms with Crippen molar-refractivity contribution in [3.05, 3.63) is 0 Å². The average molecular weight is 205 g/mol. The van der Waals surface area contributed by atoms with Gasteiger partial charge in [0.05, 0.1) is 6.61 Å². The second kappa shape index (κ2) is 7.69. The topological polar surface area (TPSA) is 118 Å². The zero-order valence-corrected chi connectivity index (χ0v) is 8.66. The van der Waals surface area contributed by atoms with E-state index in [2.05, 4.69) is 11.1 Å². The molecule has 2 unspecified atom stereocenters. The highest BCUT2D eigenvalue weighted by Crippen LogP contribution is 1.95. The summed E-state index contributed by atoms with van der Waals surface area (Å²) in [6.07, 6.45) is 1.11. The van der Waals surface area contributed by atoms with Crippen molar-refractivity contribution in [3.63, 3.8) is 0 Å². The predicted octanol–water partition coefficient (Wildman–Crippen LogP) is -2.27. The molecule has 0 spiro atoms. The number of esters is 1. The summed E-state index contributed by atoms with van der Waals surface area (Å²) in [7, 11) is 0. The fourth-order valence-electron chi connectivity index (χ4n) is 0.977. The van der Waals surface area contributed by atoms with Gasteiger partial charge in [0.25, 0.3) is 0 Å². The molecule has 14 heavy (non-hydrogen) atoms. The van der Waals surface area contributed by atoms with Crippen LogP contribution in [-0.4, -0.2) is 31.5 Å². The first-order chi connectivity index (χ1) is 6.57. The predicted molar refractivity (Wildman–Crippen MR) is 52.7 cm³/mol. The third-order valence-electron chi connectivity index (χ3n) is 1.69. The summed E-state index contributed by atoms with van der Waals surface area (Å²) in [6.45, 7) is 2.83. The van der Waals surface area contributed by atoms with Gasteiger partial charge >= 0.3 is 5.97 Å². The lowest BCUT2D eigenvalue weighted by atomic mass is 10.2. The van der Waals surface area contributed by atoms with E-state index in [1.54, 1.807) is 6.92 Å². The number of quaternary nitrogens is 1. The second-order valence-corrected chi connectivity index (χ2v) is 3.06. The number of nitrogens with two attached hydrogens (primary N) is 2.